The second-order valence-electron chi connectivity index (χ2n) is 27.4. The monoisotopic (exact) mass is 1250 g/mol. The van der Waals surface area contributed by atoms with Gasteiger partial charge in [0.2, 0.25) is 5.91 Å². The van der Waals surface area contributed by atoms with E-state index in [1.54, 1.807) is 6.08 Å². The highest BCUT2D eigenvalue weighted by atomic mass is 16.7. The molecule has 1 saturated heterocycles. The molecule has 1 rings (SSSR count). The number of rotatable bonds is 70. The van der Waals surface area contributed by atoms with E-state index in [9.17, 15) is 35.1 Å². The summed E-state index contributed by atoms with van der Waals surface area (Å²) in [5, 5.41) is 54.5. The molecule has 0 aromatic rings. The van der Waals surface area contributed by atoms with Gasteiger partial charge in [-0.05, 0) is 32.1 Å². The third-order valence-corrected chi connectivity index (χ3v) is 18.9. The summed E-state index contributed by atoms with van der Waals surface area (Å²) in [7, 11) is 0. The van der Waals surface area contributed by atoms with Crippen LogP contribution in [-0.4, -0.2) is 100 Å². The summed E-state index contributed by atoms with van der Waals surface area (Å²) in [6.45, 7) is 4.39. The Bertz CT molecular complexity index is 1460. The Kier molecular flexibility index (Phi) is 64.1. The maximum absolute atomic E-state index is 13.1. The van der Waals surface area contributed by atoms with Gasteiger partial charge in [-0.15, -0.1) is 0 Å². The molecule has 11 nitrogen and oxygen atoms in total. The zero-order valence-corrected chi connectivity index (χ0v) is 58.2. The fourth-order valence-electron chi connectivity index (χ4n) is 12.8. The number of amides is 1. The largest absolute Gasteiger partial charge is 0.466 e. The molecule has 0 aromatic carbocycles. The topological polar surface area (TPSA) is 175 Å². The molecule has 0 spiro atoms. The van der Waals surface area contributed by atoms with Crippen molar-refractivity contribution in [1.82, 2.24) is 5.32 Å². The van der Waals surface area contributed by atoms with Crippen LogP contribution in [0.25, 0.3) is 0 Å². The number of esters is 1. The molecule has 1 fully saturated rings. The lowest BCUT2D eigenvalue weighted by Gasteiger charge is -2.40. The van der Waals surface area contributed by atoms with Gasteiger partial charge in [0.15, 0.2) is 6.29 Å². The highest BCUT2D eigenvalue weighted by Crippen LogP contribution is 2.24. The van der Waals surface area contributed by atoms with Crippen molar-refractivity contribution in [3.8, 4) is 0 Å². The number of carbonyl (C=O) groups excluding carboxylic acids is 2. The summed E-state index contributed by atoms with van der Waals surface area (Å²) in [5.74, 6) is -0.155. The van der Waals surface area contributed by atoms with E-state index < -0.39 is 49.5 Å². The maximum Gasteiger partial charge on any atom is 0.305 e. The average molecular weight is 1250 g/mol. The molecule has 1 amide bonds. The van der Waals surface area contributed by atoms with Crippen molar-refractivity contribution in [3.05, 3.63) is 12.2 Å². The van der Waals surface area contributed by atoms with Gasteiger partial charge in [-0.3, -0.25) is 9.59 Å². The van der Waals surface area contributed by atoms with E-state index >= 15 is 0 Å². The van der Waals surface area contributed by atoms with E-state index in [0.717, 1.165) is 51.4 Å². The van der Waals surface area contributed by atoms with Gasteiger partial charge in [0.25, 0.3) is 0 Å². The molecular formula is C77H149NO10. The molecule has 6 N–H and O–H groups in total. The van der Waals surface area contributed by atoms with Gasteiger partial charge in [0.1, 0.15) is 24.4 Å². The Hall–Kier alpha value is -1.60. The van der Waals surface area contributed by atoms with Crippen LogP contribution < -0.4 is 5.32 Å². The van der Waals surface area contributed by atoms with E-state index in [2.05, 4.69) is 19.2 Å². The van der Waals surface area contributed by atoms with Gasteiger partial charge in [0, 0.05) is 12.8 Å². The Morgan fingerprint density at radius 2 is 0.716 bits per heavy atom. The van der Waals surface area contributed by atoms with Gasteiger partial charge >= 0.3 is 5.97 Å². The summed E-state index contributed by atoms with van der Waals surface area (Å²) in [6.07, 6.45) is 73.9. The summed E-state index contributed by atoms with van der Waals surface area (Å²) < 4.78 is 16.8. The zero-order valence-electron chi connectivity index (χ0n) is 58.2. The quantitative estimate of drug-likeness (QED) is 0.0195. The molecular weight excluding hydrogens is 1100 g/mol. The maximum atomic E-state index is 13.1. The summed E-state index contributed by atoms with van der Waals surface area (Å²) in [5.41, 5.74) is 0. The molecule has 0 aromatic heterocycles. The number of unbranched alkanes of at least 4 members (excludes halogenated alkanes) is 56. The molecule has 0 aliphatic carbocycles. The van der Waals surface area contributed by atoms with Crippen LogP contribution in [0.3, 0.4) is 0 Å². The Morgan fingerprint density at radius 3 is 1.06 bits per heavy atom. The SMILES string of the molecule is CCCCCCCCCCC/C=C/C(O)C(COC1OC(CO)C(O)C(O)C1O)NC(=O)CCCCCCCCCCCCCCCCCCCCCCCCCCCCCCCCCCCCCCCOC(=O)CCCCCCCCCCCCCC. The number of hydrogen-bond acceptors (Lipinski definition) is 10. The summed E-state index contributed by atoms with van der Waals surface area (Å²) in [6, 6.07) is -0.804. The first-order valence-electron chi connectivity index (χ1n) is 39.0. The smallest absolute Gasteiger partial charge is 0.305 e. The van der Waals surface area contributed by atoms with Crippen LogP contribution in [0.5, 0.6) is 0 Å². The second-order valence-corrected chi connectivity index (χ2v) is 27.4. The number of carbonyl (C=O) groups is 2. The summed E-state index contributed by atoms with van der Waals surface area (Å²) in [4.78, 5) is 25.1. The van der Waals surface area contributed by atoms with Crippen molar-refractivity contribution in [1.29, 1.82) is 0 Å². The number of aliphatic hydroxyl groups excluding tert-OH is 5. The zero-order chi connectivity index (χ0) is 63.7. The normalized spacial score (nSPS) is 17.7. The number of ether oxygens (including phenoxy) is 3. The van der Waals surface area contributed by atoms with Crippen LogP contribution in [0.4, 0.5) is 0 Å². The number of aliphatic hydroxyl groups is 5. The van der Waals surface area contributed by atoms with Gasteiger partial charge in [0.05, 0.1) is 32.0 Å². The van der Waals surface area contributed by atoms with Crippen molar-refractivity contribution in [2.75, 3.05) is 19.8 Å². The first-order chi connectivity index (χ1) is 43.2. The van der Waals surface area contributed by atoms with Crippen LogP contribution >= 0.6 is 0 Å². The van der Waals surface area contributed by atoms with Crippen LogP contribution in [0.15, 0.2) is 12.2 Å². The Morgan fingerprint density at radius 1 is 0.409 bits per heavy atom. The molecule has 7 unspecified atom stereocenters. The van der Waals surface area contributed by atoms with Crippen LogP contribution in [0.1, 0.15) is 406 Å². The number of hydrogen-bond donors (Lipinski definition) is 6. The van der Waals surface area contributed by atoms with Crippen molar-refractivity contribution >= 4 is 11.9 Å². The van der Waals surface area contributed by atoms with E-state index in [0.29, 0.717) is 19.4 Å². The van der Waals surface area contributed by atoms with Gasteiger partial charge in [-0.25, -0.2) is 0 Å². The number of allylic oxidation sites excluding steroid dienone is 1. The van der Waals surface area contributed by atoms with Crippen LogP contribution in [0.2, 0.25) is 0 Å². The third-order valence-electron chi connectivity index (χ3n) is 18.9. The fourth-order valence-corrected chi connectivity index (χ4v) is 12.8. The number of nitrogens with one attached hydrogen (secondary N) is 1. The lowest BCUT2D eigenvalue weighted by molar-refractivity contribution is -0.302. The molecule has 0 radical (unpaired) electrons. The molecule has 0 bridgehead atoms. The molecule has 1 aliphatic heterocycles. The predicted octanol–water partition coefficient (Wildman–Crippen LogP) is 20.6. The van der Waals surface area contributed by atoms with Gasteiger partial charge < -0.3 is 45.1 Å². The molecule has 1 aliphatic rings. The Labute approximate surface area is 544 Å². The molecule has 7 atom stereocenters. The Balaban J connectivity index is 1.87. The van der Waals surface area contributed by atoms with Crippen molar-refractivity contribution in [2.45, 2.75) is 448 Å². The predicted molar refractivity (Wildman–Crippen MR) is 371 cm³/mol. The molecule has 1 heterocycles. The molecule has 522 valence electrons. The minimum Gasteiger partial charge on any atom is -0.466 e. The van der Waals surface area contributed by atoms with Crippen LogP contribution in [0, 0.1) is 0 Å². The van der Waals surface area contributed by atoms with E-state index in [-0.39, 0.29) is 18.5 Å². The fraction of sp³-hybridized carbons (Fsp3) is 0.948. The minimum atomic E-state index is -1.57. The van der Waals surface area contributed by atoms with Crippen LogP contribution in [-0.2, 0) is 23.8 Å². The second kappa shape index (κ2) is 66.8. The molecule has 11 heteroatoms. The van der Waals surface area contributed by atoms with E-state index in [4.69, 9.17) is 14.2 Å². The van der Waals surface area contributed by atoms with Gasteiger partial charge in [-0.1, -0.05) is 373 Å². The minimum absolute atomic E-state index is 0.0188. The third kappa shape index (κ3) is 54.9. The highest BCUT2D eigenvalue weighted by Gasteiger charge is 2.44. The van der Waals surface area contributed by atoms with Crippen molar-refractivity contribution in [2.24, 2.45) is 0 Å². The lowest BCUT2D eigenvalue weighted by Crippen LogP contribution is -2.60. The first kappa shape index (κ1) is 84.4. The summed E-state index contributed by atoms with van der Waals surface area (Å²) >= 11 is 0. The first-order valence-corrected chi connectivity index (χ1v) is 39.0. The van der Waals surface area contributed by atoms with E-state index in [1.807, 2.05) is 6.08 Å². The molecule has 88 heavy (non-hydrogen) atoms. The van der Waals surface area contributed by atoms with Gasteiger partial charge in [-0.2, -0.15) is 0 Å². The molecule has 0 saturated carbocycles. The van der Waals surface area contributed by atoms with E-state index in [1.165, 1.54) is 327 Å². The lowest BCUT2D eigenvalue weighted by atomic mass is 9.99. The standard InChI is InChI=1S/C77H149NO10/c1-3-5-7-9-11-13-15-45-49-53-57-61-65-73(82)86-66-62-58-54-50-46-42-40-38-36-34-32-30-28-26-24-22-20-18-16-17-19-21-23-25-27-29-31-33-35-37-39-41-44-48-52-56-60-64-72(81)78-69(68-87-77-76(85)75(84)74(83)71(67-79)88-77)70(80)63-59-55-51-47-43-14-12-10-8-6-4-2/h59,63,69-71,74-77,79-80,83-85H,3-58,60-62,64-68H2,1-2H3,(H,78,81)/b63-59+. The highest BCUT2D eigenvalue weighted by molar-refractivity contribution is 5.76. The average Bonchev–Trinajstić information content (AvgIpc) is 2.02. The van der Waals surface area contributed by atoms with Crippen molar-refractivity contribution < 1.29 is 49.3 Å². The van der Waals surface area contributed by atoms with Crippen molar-refractivity contribution in [3.63, 3.8) is 0 Å².